The number of halogens is 4. The van der Waals surface area contributed by atoms with Crippen LogP contribution in [0.15, 0.2) is 18.3 Å². The van der Waals surface area contributed by atoms with E-state index in [4.69, 9.17) is 17.3 Å². The summed E-state index contributed by atoms with van der Waals surface area (Å²) in [7, 11) is 0. The summed E-state index contributed by atoms with van der Waals surface area (Å²) in [6.45, 7) is 0. The summed E-state index contributed by atoms with van der Waals surface area (Å²) in [5, 5.41) is 2.21. The summed E-state index contributed by atoms with van der Waals surface area (Å²) in [5.41, 5.74) is 5.13. The first-order valence-corrected chi connectivity index (χ1v) is 5.04. The lowest BCUT2D eigenvalue weighted by atomic mass is 10.2. The number of anilines is 3. The van der Waals surface area contributed by atoms with E-state index < -0.39 is 23.1 Å². The fourth-order valence-corrected chi connectivity index (χ4v) is 1.38. The van der Waals surface area contributed by atoms with Gasteiger partial charge in [0.15, 0.2) is 17.5 Å². The van der Waals surface area contributed by atoms with Gasteiger partial charge in [-0.05, 0) is 11.6 Å². The molecule has 0 saturated carbocycles. The molecule has 2 rings (SSSR count). The van der Waals surface area contributed by atoms with Crippen LogP contribution in [0.2, 0.25) is 5.28 Å². The Morgan fingerprint density at radius 2 is 1.94 bits per heavy atom. The highest BCUT2D eigenvalue weighted by atomic mass is 35.5. The van der Waals surface area contributed by atoms with Crippen molar-refractivity contribution in [3.63, 3.8) is 0 Å². The Morgan fingerprint density at radius 1 is 1.22 bits per heavy atom. The highest BCUT2D eigenvalue weighted by Gasteiger charge is 2.13. The molecule has 8 heteroatoms. The molecule has 0 radical (unpaired) electrons. The number of nitrogens with two attached hydrogens (primary N) is 1. The van der Waals surface area contributed by atoms with Crippen LogP contribution in [0.3, 0.4) is 0 Å². The van der Waals surface area contributed by atoms with Crippen molar-refractivity contribution >= 4 is 28.8 Å². The Bertz CT molecular complexity index is 606. The molecule has 0 aliphatic heterocycles. The molecular formula is C10H6ClF3N4. The fraction of sp³-hybridized carbons (Fsp3) is 0. The Kier molecular flexibility index (Phi) is 3.24. The van der Waals surface area contributed by atoms with Crippen LogP contribution in [0.1, 0.15) is 0 Å². The molecule has 1 heterocycles. The van der Waals surface area contributed by atoms with Crippen molar-refractivity contribution < 1.29 is 13.2 Å². The van der Waals surface area contributed by atoms with Crippen molar-refractivity contribution in [3.8, 4) is 0 Å². The third-order valence-corrected chi connectivity index (χ3v) is 2.22. The number of nitrogens with zero attached hydrogens (tertiary/aromatic N) is 2. The third-order valence-electron chi connectivity index (χ3n) is 2.03. The van der Waals surface area contributed by atoms with Crippen LogP contribution in [0, 0.1) is 17.5 Å². The number of hydrogen-bond donors (Lipinski definition) is 2. The van der Waals surface area contributed by atoms with Crippen LogP contribution >= 0.6 is 11.6 Å². The lowest BCUT2D eigenvalue weighted by Crippen LogP contribution is -2.03. The fourth-order valence-electron chi connectivity index (χ4n) is 1.24. The van der Waals surface area contributed by atoms with Crippen LogP contribution < -0.4 is 11.1 Å². The zero-order valence-corrected chi connectivity index (χ0v) is 9.47. The van der Waals surface area contributed by atoms with Gasteiger partial charge in [0.25, 0.3) is 0 Å². The van der Waals surface area contributed by atoms with Crippen LogP contribution in [0.25, 0.3) is 0 Å². The minimum Gasteiger partial charge on any atom is -0.394 e. The number of hydrogen-bond acceptors (Lipinski definition) is 4. The second-order valence-electron chi connectivity index (χ2n) is 3.32. The Labute approximate surface area is 105 Å². The summed E-state index contributed by atoms with van der Waals surface area (Å²) < 4.78 is 39.3. The monoisotopic (exact) mass is 274 g/mol. The van der Waals surface area contributed by atoms with E-state index in [-0.39, 0.29) is 16.8 Å². The maximum absolute atomic E-state index is 13.4. The molecule has 1 aromatic heterocycles. The maximum atomic E-state index is 13.4. The molecule has 0 bridgehead atoms. The average molecular weight is 275 g/mol. The first-order valence-electron chi connectivity index (χ1n) is 4.67. The molecule has 4 nitrogen and oxygen atoms in total. The largest absolute Gasteiger partial charge is 0.394 e. The molecule has 0 unspecified atom stereocenters. The summed E-state index contributed by atoms with van der Waals surface area (Å²) in [4.78, 5) is 7.26. The second-order valence-corrected chi connectivity index (χ2v) is 3.66. The van der Waals surface area contributed by atoms with E-state index in [0.29, 0.717) is 6.07 Å². The molecule has 0 atom stereocenters. The van der Waals surface area contributed by atoms with E-state index in [1.807, 2.05) is 0 Å². The van der Waals surface area contributed by atoms with Gasteiger partial charge in [0.05, 0.1) is 17.6 Å². The molecule has 0 saturated heterocycles. The maximum Gasteiger partial charge on any atom is 0.224 e. The number of aromatic nitrogens is 2. The Morgan fingerprint density at radius 3 is 2.67 bits per heavy atom. The molecule has 0 amide bonds. The van der Waals surface area contributed by atoms with E-state index in [2.05, 4.69) is 15.3 Å². The van der Waals surface area contributed by atoms with Gasteiger partial charge in [0.2, 0.25) is 5.28 Å². The lowest BCUT2D eigenvalue weighted by Gasteiger charge is -2.09. The van der Waals surface area contributed by atoms with Crippen LogP contribution in [0.5, 0.6) is 0 Å². The average Bonchev–Trinajstić information content (AvgIpc) is 2.30. The van der Waals surface area contributed by atoms with Crippen molar-refractivity contribution in [2.24, 2.45) is 0 Å². The molecule has 0 fully saturated rings. The zero-order valence-electron chi connectivity index (χ0n) is 8.72. The summed E-state index contributed by atoms with van der Waals surface area (Å²) in [6.07, 6.45) is 1.19. The van der Waals surface area contributed by atoms with Gasteiger partial charge < -0.3 is 11.1 Å². The van der Waals surface area contributed by atoms with Crippen molar-refractivity contribution in [3.05, 3.63) is 41.1 Å². The highest BCUT2D eigenvalue weighted by Crippen LogP contribution is 2.25. The molecular weight excluding hydrogens is 269 g/mol. The first-order chi connectivity index (χ1) is 8.47. The molecule has 3 N–H and O–H groups in total. The van der Waals surface area contributed by atoms with E-state index in [1.165, 1.54) is 6.20 Å². The summed E-state index contributed by atoms with van der Waals surface area (Å²) in [5.74, 6) is -3.55. The van der Waals surface area contributed by atoms with Gasteiger partial charge in [-0.3, -0.25) is 0 Å². The molecule has 2 aromatic rings. The van der Waals surface area contributed by atoms with Gasteiger partial charge in [-0.1, -0.05) is 0 Å². The Balaban J connectivity index is 2.43. The smallest absolute Gasteiger partial charge is 0.224 e. The quantitative estimate of drug-likeness (QED) is 0.653. The molecule has 0 spiro atoms. The zero-order chi connectivity index (χ0) is 13.3. The van der Waals surface area contributed by atoms with Gasteiger partial charge >= 0.3 is 0 Å². The van der Waals surface area contributed by atoms with Crippen LogP contribution in [-0.2, 0) is 0 Å². The van der Waals surface area contributed by atoms with Crippen LogP contribution in [0.4, 0.5) is 30.4 Å². The number of rotatable bonds is 2. The standard InChI is InChI=1S/C10H6ClF3N4/c11-10-16-3-6(15)9(18-10)17-7-2-4(12)1-5(13)8(7)14/h1-3H,15H2,(H,16,17,18). The van der Waals surface area contributed by atoms with Gasteiger partial charge in [0.1, 0.15) is 5.82 Å². The topological polar surface area (TPSA) is 63.8 Å². The molecule has 0 aliphatic rings. The third kappa shape index (κ3) is 2.45. The van der Waals surface area contributed by atoms with Crippen molar-refractivity contribution in [2.45, 2.75) is 0 Å². The van der Waals surface area contributed by atoms with Gasteiger partial charge in [-0.15, -0.1) is 0 Å². The lowest BCUT2D eigenvalue weighted by molar-refractivity contribution is 0.498. The normalized spacial score (nSPS) is 10.4. The van der Waals surface area contributed by atoms with E-state index in [1.54, 1.807) is 0 Å². The minimum atomic E-state index is -1.32. The van der Waals surface area contributed by atoms with Crippen molar-refractivity contribution in [2.75, 3.05) is 11.1 Å². The predicted molar refractivity (Wildman–Crippen MR) is 61.1 cm³/mol. The minimum absolute atomic E-state index is 0.0427. The van der Waals surface area contributed by atoms with Crippen molar-refractivity contribution in [1.82, 2.24) is 9.97 Å². The van der Waals surface area contributed by atoms with E-state index in [0.717, 1.165) is 6.07 Å². The molecule has 94 valence electrons. The van der Waals surface area contributed by atoms with Gasteiger partial charge in [0, 0.05) is 12.1 Å². The summed E-state index contributed by atoms with van der Waals surface area (Å²) >= 11 is 5.53. The Hall–Kier alpha value is -2.02. The van der Waals surface area contributed by atoms with Crippen LogP contribution in [-0.4, -0.2) is 9.97 Å². The summed E-state index contributed by atoms with van der Waals surface area (Å²) in [6, 6.07) is 1.20. The number of nitrogen functional groups attached to an aromatic ring is 1. The first kappa shape index (κ1) is 12.4. The number of nitrogens with one attached hydrogen (secondary N) is 1. The predicted octanol–water partition coefficient (Wildman–Crippen LogP) is 2.87. The molecule has 0 aliphatic carbocycles. The van der Waals surface area contributed by atoms with Gasteiger partial charge in [-0.25, -0.2) is 18.2 Å². The van der Waals surface area contributed by atoms with Gasteiger partial charge in [-0.2, -0.15) is 4.98 Å². The molecule has 18 heavy (non-hydrogen) atoms. The SMILES string of the molecule is Nc1cnc(Cl)nc1Nc1cc(F)cc(F)c1F. The molecule has 1 aromatic carbocycles. The van der Waals surface area contributed by atoms with E-state index >= 15 is 0 Å². The second kappa shape index (κ2) is 4.69. The van der Waals surface area contributed by atoms with E-state index in [9.17, 15) is 13.2 Å². The highest BCUT2D eigenvalue weighted by molar-refractivity contribution is 6.28. The van der Waals surface area contributed by atoms with Crippen molar-refractivity contribution in [1.29, 1.82) is 0 Å². The number of benzene rings is 1.